The summed E-state index contributed by atoms with van der Waals surface area (Å²) in [6, 6.07) is 3.39. The first-order valence-corrected chi connectivity index (χ1v) is 4.82. The first-order valence-electron chi connectivity index (χ1n) is 4.02. The summed E-state index contributed by atoms with van der Waals surface area (Å²) in [5.74, 6) is 0. The van der Waals surface area contributed by atoms with Gasteiger partial charge in [-0.3, -0.25) is 4.79 Å². The van der Waals surface area contributed by atoms with Crippen LogP contribution in [0, 0.1) is 6.92 Å². The van der Waals surface area contributed by atoms with E-state index in [9.17, 15) is 4.79 Å². The maximum Gasteiger partial charge on any atom is 0.250 e. The Kier molecular flexibility index (Phi) is 3.09. The van der Waals surface area contributed by atoms with E-state index < -0.39 is 0 Å². The van der Waals surface area contributed by atoms with Gasteiger partial charge in [-0.25, -0.2) is 0 Å². The highest BCUT2D eigenvalue weighted by Crippen LogP contribution is 2.12. The molecule has 2 nitrogen and oxygen atoms in total. The summed E-state index contributed by atoms with van der Waals surface area (Å²) in [6.45, 7) is 4.80. The molecule has 1 aromatic rings. The van der Waals surface area contributed by atoms with Crippen LogP contribution in [0.15, 0.2) is 21.4 Å². The average Bonchev–Trinajstić information content (AvgIpc) is 2.06. The fraction of sp³-hybridized carbons (Fsp3) is 0.444. The van der Waals surface area contributed by atoms with Crippen LogP contribution in [0.1, 0.15) is 19.0 Å². The maximum absolute atomic E-state index is 11.3. The second-order valence-corrected chi connectivity index (χ2v) is 3.61. The Balaban J connectivity index is 3.23. The normalized spacial score (nSPS) is 10.2. The van der Waals surface area contributed by atoms with Crippen LogP contribution in [0.2, 0.25) is 0 Å². The summed E-state index contributed by atoms with van der Waals surface area (Å²) in [5.41, 5.74) is 1.09. The van der Waals surface area contributed by atoms with Gasteiger partial charge in [0.15, 0.2) is 0 Å². The van der Waals surface area contributed by atoms with Gasteiger partial charge in [0.25, 0.3) is 5.56 Å². The van der Waals surface area contributed by atoms with E-state index in [0.29, 0.717) is 0 Å². The topological polar surface area (TPSA) is 22.0 Å². The molecule has 0 saturated carbocycles. The van der Waals surface area contributed by atoms with Crippen molar-refractivity contribution in [2.24, 2.45) is 0 Å². The predicted octanol–water partition coefficient (Wildman–Crippen LogP) is 2.33. The van der Waals surface area contributed by atoms with Gasteiger partial charge in [-0.05, 0) is 35.3 Å². The molecule has 0 fully saturated rings. The third kappa shape index (κ3) is 1.78. The quantitative estimate of drug-likeness (QED) is 0.764. The minimum atomic E-state index is 0.0811. The highest BCUT2D eigenvalue weighted by molar-refractivity contribution is 9.10. The molecule has 0 atom stereocenters. The summed E-state index contributed by atoms with van der Waals surface area (Å²) in [6.07, 6.45) is 0.983. The average molecular weight is 230 g/mol. The van der Waals surface area contributed by atoms with Crippen molar-refractivity contribution in [3.63, 3.8) is 0 Å². The number of halogens is 1. The van der Waals surface area contributed by atoms with Crippen LogP contribution in [0.4, 0.5) is 0 Å². The molecule has 0 N–H and O–H groups in total. The van der Waals surface area contributed by atoms with Gasteiger partial charge in [0.05, 0.1) is 0 Å². The Bertz CT molecular complexity index is 330. The van der Waals surface area contributed by atoms with Crippen molar-refractivity contribution >= 4 is 15.9 Å². The fourth-order valence-electron chi connectivity index (χ4n) is 1.15. The lowest BCUT2D eigenvalue weighted by molar-refractivity contribution is 0.633. The zero-order valence-electron chi connectivity index (χ0n) is 7.30. The Labute approximate surface area is 80.3 Å². The first-order chi connectivity index (χ1) is 5.66. The lowest BCUT2D eigenvalue weighted by atomic mass is 10.3. The lowest BCUT2D eigenvalue weighted by Gasteiger charge is -2.08. The number of hydrogen-bond acceptors (Lipinski definition) is 1. The molecule has 3 heteroatoms. The zero-order chi connectivity index (χ0) is 9.14. The van der Waals surface area contributed by atoms with Gasteiger partial charge < -0.3 is 4.57 Å². The van der Waals surface area contributed by atoms with Crippen LogP contribution in [0.25, 0.3) is 0 Å². The van der Waals surface area contributed by atoms with Crippen molar-refractivity contribution in [2.45, 2.75) is 26.8 Å². The molecule has 0 spiro atoms. The van der Waals surface area contributed by atoms with E-state index in [1.165, 1.54) is 0 Å². The van der Waals surface area contributed by atoms with Crippen molar-refractivity contribution in [1.29, 1.82) is 0 Å². The summed E-state index contributed by atoms with van der Waals surface area (Å²) in [5, 5.41) is 0. The summed E-state index contributed by atoms with van der Waals surface area (Å²) >= 11 is 3.39. The monoisotopic (exact) mass is 229 g/mol. The van der Waals surface area contributed by atoms with Crippen LogP contribution >= 0.6 is 15.9 Å². The Morgan fingerprint density at radius 3 is 2.75 bits per heavy atom. The molecule has 1 heterocycles. The molecule has 0 amide bonds. The predicted molar refractivity (Wildman–Crippen MR) is 53.4 cm³/mol. The first kappa shape index (κ1) is 9.52. The van der Waals surface area contributed by atoms with Crippen LogP contribution in [0.3, 0.4) is 0 Å². The van der Waals surface area contributed by atoms with E-state index in [2.05, 4.69) is 22.9 Å². The molecule has 0 unspecified atom stereocenters. The fourth-order valence-corrected chi connectivity index (χ4v) is 1.50. The molecule has 0 saturated heterocycles. The van der Waals surface area contributed by atoms with E-state index in [0.717, 1.165) is 23.1 Å². The van der Waals surface area contributed by atoms with Gasteiger partial charge in [-0.15, -0.1) is 0 Å². The third-order valence-corrected chi connectivity index (χ3v) is 2.67. The number of nitrogens with zero attached hydrogens (tertiary/aromatic N) is 1. The zero-order valence-corrected chi connectivity index (χ0v) is 8.89. The molecule has 1 rings (SSSR count). The second kappa shape index (κ2) is 3.90. The van der Waals surface area contributed by atoms with Crippen LogP contribution < -0.4 is 5.56 Å². The molecule has 0 aliphatic heterocycles. The van der Waals surface area contributed by atoms with E-state index in [-0.39, 0.29) is 5.56 Å². The smallest absolute Gasteiger partial charge is 0.250 e. The molecule has 0 aliphatic rings. The van der Waals surface area contributed by atoms with Crippen LogP contribution in [0.5, 0.6) is 0 Å². The Hall–Kier alpha value is -0.570. The second-order valence-electron chi connectivity index (χ2n) is 2.76. The highest BCUT2D eigenvalue weighted by atomic mass is 79.9. The molecule has 0 aliphatic carbocycles. The largest absolute Gasteiger partial charge is 0.312 e. The molecular weight excluding hydrogens is 218 g/mol. The van der Waals surface area contributed by atoms with E-state index in [1.54, 1.807) is 16.7 Å². The van der Waals surface area contributed by atoms with Gasteiger partial charge in [-0.2, -0.15) is 0 Å². The molecule has 0 aromatic carbocycles. The van der Waals surface area contributed by atoms with Gasteiger partial charge >= 0.3 is 0 Å². The molecule has 66 valence electrons. The minimum Gasteiger partial charge on any atom is -0.312 e. The standard InChI is InChI=1S/C9H12BrNO/c1-3-6-11-7(2)8(10)4-5-9(11)12/h4-5H,3,6H2,1-2H3. The molecular formula is C9H12BrNO. The Morgan fingerprint density at radius 1 is 1.50 bits per heavy atom. The highest BCUT2D eigenvalue weighted by Gasteiger charge is 2.01. The number of rotatable bonds is 2. The van der Waals surface area contributed by atoms with Gasteiger partial charge in [-0.1, -0.05) is 6.92 Å². The molecule has 12 heavy (non-hydrogen) atoms. The maximum atomic E-state index is 11.3. The SMILES string of the molecule is CCCn1c(C)c(Br)ccc1=O. The molecule has 0 radical (unpaired) electrons. The van der Waals surface area contributed by atoms with Gasteiger partial charge in [0.1, 0.15) is 0 Å². The van der Waals surface area contributed by atoms with Crippen molar-refractivity contribution in [2.75, 3.05) is 0 Å². The number of hydrogen-bond donors (Lipinski definition) is 0. The van der Waals surface area contributed by atoms with E-state index in [4.69, 9.17) is 0 Å². The molecule has 1 aromatic heterocycles. The lowest BCUT2D eigenvalue weighted by Crippen LogP contribution is -2.21. The van der Waals surface area contributed by atoms with Gasteiger partial charge in [0, 0.05) is 22.8 Å². The third-order valence-electron chi connectivity index (χ3n) is 1.84. The van der Waals surface area contributed by atoms with Crippen LogP contribution in [-0.4, -0.2) is 4.57 Å². The van der Waals surface area contributed by atoms with Gasteiger partial charge in [0.2, 0.25) is 0 Å². The van der Waals surface area contributed by atoms with Crippen molar-refractivity contribution in [1.82, 2.24) is 4.57 Å². The molecule has 0 bridgehead atoms. The van der Waals surface area contributed by atoms with Crippen molar-refractivity contribution < 1.29 is 0 Å². The van der Waals surface area contributed by atoms with Crippen molar-refractivity contribution in [3.05, 3.63) is 32.7 Å². The number of pyridine rings is 1. The van der Waals surface area contributed by atoms with Crippen LogP contribution in [-0.2, 0) is 6.54 Å². The number of aromatic nitrogens is 1. The summed E-state index contributed by atoms with van der Waals surface area (Å²) < 4.78 is 2.78. The Morgan fingerprint density at radius 2 is 2.17 bits per heavy atom. The van der Waals surface area contributed by atoms with E-state index in [1.807, 2.05) is 6.92 Å². The summed E-state index contributed by atoms with van der Waals surface area (Å²) in [4.78, 5) is 11.3. The van der Waals surface area contributed by atoms with Crippen molar-refractivity contribution in [3.8, 4) is 0 Å². The minimum absolute atomic E-state index is 0.0811. The summed E-state index contributed by atoms with van der Waals surface area (Å²) in [7, 11) is 0. The van der Waals surface area contributed by atoms with E-state index >= 15 is 0 Å².